The summed E-state index contributed by atoms with van der Waals surface area (Å²) in [5.41, 5.74) is 3.26. The summed E-state index contributed by atoms with van der Waals surface area (Å²) in [5.74, 6) is 1.33. The Hall–Kier alpha value is -3.19. The van der Waals surface area contributed by atoms with Crippen LogP contribution in [0.15, 0.2) is 53.5 Å². The Morgan fingerprint density at radius 3 is 2.68 bits per heavy atom. The van der Waals surface area contributed by atoms with Gasteiger partial charge in [-0.25, -0.2) is 14.3 Å². The molecule has 8 heteroatoms. The van der Waals surface area contributed by atoms with Gasteiger partial charge in [0.2, 0.25) is 11.9 Å². The molecule has 0 radical (unpaired) electrons. The van der Waals surface area contributed by atoms with Crippen molar-refractivity contribution in [2.45, 2.75) is 32.7 Å². The van der Waals surface area contributed by atoms with Gasteiger partial charge in [-0.05, 0) is 43.0 Å². The summed E-state index contributed by atoms with van der Waals surface area (Å²) < 4.78 is 2.05. The Balaban J connectivity index is 1.44. The highest BCUT2D eigenvalue weighted by Gasteiger charge is 2.55. The predicted molar refractivity (Wildman–Crippen MR) is 134 cm³/mol. The molecule has 3 aliphatic heterocycles. The van der Waals surface area contributed by atoms with E-state index in [0.29, 0.717) is 35.8 Å². The van der Waals surface area contributed by atoms with Crippen molar-refractivity contribution < 1.29 is 14.2 Å². The number of hydrogen-bond donors (Lipinski definition) is 0. The largest absolute Gasteiger partial charge is 0.397 e. The monoisotopic (exact) mass is 478 g/mol. The molecule has 34 heavy (non-hydrogen) atoms. The number of fused-ring (bicyclic) bond motifs is 2. The minimum Gasteiger partial charge on any atom is -0.270 e. The number of likely N-dealkylation sites (N-methyl/N-ethyl adjacent to an activating group) is 1. The first-order valence-corrected chi connectivity index (χ1v) is 12.1. The number of aliphatic imine (C=N–C) groups is 1. The SMILES string of the molecule is Cc1ccc(Cl)cc1N1CC(C)C[N+]2=C1N=C1C2C(=O)N(CCCc2ccccc2)C(=O)N1C. The van der Waals surface area contributed by atoms with Crippen LogP contribution in [0, 0.1) is 12.8 Å². The second-order valence-electron chi connectivity index (χ2n) is 9.39. The van der Waals surface area contributed by atoms with Crippen molar-refractivity contribution in [1.29, 1.82) is 0 Å². The van der Waals surface area contributed by atoms with Crippen LogP contribution < -0.4 is 4.90 Å². The van der Waals surface area contributed by atoms with Crippen LogP contribution in [-0.2, 0) is 11.2 Å². The van der Waals surface area contributed by atoms with Crippen LogP contribution in [0.5, 0.6) is 0 Å². The number of guanidine groups is 1. The molecule has 1 fully saturated rings. The molecule has 176 valence electrons. The molecule has 7 nitrogen and oxygen atoms in total. The number of urea groups is 1. The van der Waals surface area contributed by atoms with Gasteiger partial charge in [-0.1, -0.05) is 59.9 Å². The van der Waals surface area contributed by atoms with E-state index < -0.39 is 6.04 Å². The van der Waals surface area contributed by atoms with Crippen molar-refractivity contribution in [2.75, 3.05) is 31.6 Å². The van der Waals surface area contributed by atoms with Crippen LogP contribution in [-0.4, -0.2) is 70.8 Å². The molecule has 0 aliphatic carbocycles. The summed E-state index contributed by atoms with van der Waals surface area (Å²) in [6.45, 7) is 6.07. The Morgan fingerprint density at radius 1 is 1.15 bits per heavy atom. The first-order valence-electron chi connectivity index (χ1n) is 11.7. The first kappa shape index (κ1) is 22.6. The molecular weight excluding hydrogens is 450 g/mol. The topological polar surface area (TPSA) is 59.2 Å². The van der Waals surface area contributed by atoms with Crippen molar-refractivity contribution in [3.8, 4) is 0 Å². The van der Waals surface area contributed by atoms with E-state index in [0.717, 1.165) is 30.6 Å². The lowest BCUT2D eigenvalue weighted by molar-refractivity contribution is -0.545. The Labute approximate surface area is 204 Å². The maximum Gasteiger partial charge on any atom is 0.397 e. The maximum absolute atomic E-state index is 13.6. The zero-order chi connectivity index (χ0) is 24.0. The van der Waals surface area contributed by atoms with Gasteiger partial charge in [0, 0.05) is 24.5 Å². The fraction of sp³-hybridized carbons (Fsp3) is 0.385. The number of carbonyl (C=O) groups is 2. The van der Waals surface area contributed by atoms with Gasteiger partial charge in [-0.15, -0.1) is 0 Å². The normalized spacial score (nSPS) is 22.2. The number of hydrogen-bond acceptors (Lipinski definition) is 4. The van der Waals surface area contributed by atoms with Gasteiger partial charge >= 0.3 is 12.0 Å². The zero-order valence-corrected chi connectivity index (χ0v) is 20.5. The second-order valence-corrected chi connectivity index (χ2v) is 9.83. The zero-order valence-electron chi connectivity index (χ0n) is 19.7. The van der Waals surface area contributed by atoms with E-state index in [9.17, 15) is 9.59 Å². The molecule has 3 heterocycles. The van der Waals surface area contributed by atoms with Crippen LogP contribution in [0.1, 0.15) is 24.5 Å². The lowest BCUT2D eigenvalue weighted by Crippen LogP contribution is -2.63. The molecule has 1 saturated heterocycles. The Kier molecular flexibility index (Phi) is 5.90. The van der Waals surface area contributed by atoms with Crippen molar-refractivity contribution in [2.24, 2.45) is 10.9 Å². The van der Waals surface area contributed by atoms with E-state index in [1.54, 1.807) is 7.05 Å². The molecule has 0 aromatic heterocycles. The minimum atomic E-state index is -0.584. The molecule has 2 unspecified atom stereocenters. The summed E-state index contributed by atoms with van der Waals surface area (Å²) in [5, 5.41) is 0.655. The fourth-order valence-corrected chi connectivity index (χ4v) is 5.23. The van der Waals surface area contributed by atoms with Crippen molar-refractivity contribution in [3.05, 3.63) is 64.7 Å². The van der Waals surface area contributed by atoms with Gasteiger partial charge in [0.25, 0.3) is 5.91 Å². The number of amides is 3. The van der Waals surface area contributed by atoms with Crippen molar-refractivity contribution in [1.82, 2.24) is 9.80 Å². The van der Waals surface area contributed by atoms with Crippen LogP contribution >= 0.6 is 11.6 Å². The molecule has 2 aromatic carbocycles. The summed E-state index contributed by atoms with van der Waals surface area (Å²) in [6.07, 6.45) is 1.53. The smallest absolute Gasteiger partial charge is 0.270 e. The quantitative estimate of drug-likeness (QED) is 0.614. The number of anilines is 1. The average molecular weight is 479 g/mol. The lowest BCUT2D eigenvalue weighted by Gasteiger charge is -2.35. The third-order valence-electron chi connectivity index (χ3n) is 6.79. The van der Waals surface area contributed by atoms with Crippen molar-refractivity contribution in [3.63, 3.8) is 0 Å². The highest BCUT2D eigenvalue weighted by Crippen LogP contribution is 2.31. The van der Waals surface area contributed by atoms with Gasteiger partial charge in [-0.3, -0.25) is 14.6 Å². The molecule has 3 amide bonds. The average Bonchev–Trinajstić information content (AvgIpc) is 3.21. The maximum atomic E-state index is 13.6. The molecule has 0 N–H and O–H groups in total. The standard InChI is InChI=1S/C26H29ClN5O2/c1-17-15-31(21-14-20(27)12-11-18(21)2)25-28-23-22(32(25)16-17)24(33)30(26(34)29(23)3)13-7-10-19-8-5-4-6-9-19/h4-6,8-9,11-12,14,17,22H,7,10,13,15-16H2,1-3H3/q+1. The number of imide groups is 1. The highest BCUT2D eigenvalue weighted by atomic mass is 35.5. The van der Waals surface area contributed by atoms with E-state index in [1.807, 2.05) is 43.3 Å². The molecule has 0 spiro atoms. The molecule has 0 bridgehead atoms. The number of halogens is 1. The van der Waals surface area contributed by atoms with E-state index in [2.05, 4.69) is 28.5 Å². The van der Waals surface area contributed by atoms with Gasteiger partial charge in [0.15, 0.2) is 0 Å². The fourth-order valence-electron chi connectivity index (χ4n) is 5.07. The van der Waals surface area contributed by atoms with Gasteiger partial charge in [0.1, 0.15) is 5.69 Å². The van der Waals surface area contributed by atoms with Gasteiger partial charge < -0.3 is 0 Å². The predicted octanol–water partition coefficient (Wildman–Crippen LogP) is 3.78. The third-order valence-corrected chi connectivity index (χ3v) is 7.02. The Bertz CT molecular complexity index is 1210. The van der Waals surface area contributed by atoms with Crippen molar-refractivity contribution >= 4 is 41.0 Å². The van der Waals surface area contributed by atoms with Gasteiger partial charge in [-0.2, -0.15) is 0 Å². The second kappa shape index (κ2) is 8.87. The number of aryl methyl sites for hydroxylation is 2. The number of amidine groups is 1. The van der Waals surface area contributed by atoms with Crippen LogP contribution in [0.3, 0.4) is 0 Å². The Morgan fingerprint density at radius 2 is 1.91 bits per heavy atom. The van der Waals surface area contributed by atoms with E-state index >= 15 is 0 Å². The molecular formula is C26H29ClN5O2+. The van der Waals surface area contributed by atoms with E-state index in [1.165, 1.54) is 15.4 Å². The third kappa shape index (κ3) is 3.88. The molecule has 2 atom stereocenters. The minimum absolute atomic E-state index is 0.193. The van der Waals surface area contributed by atoms with E-state index in [4.69, 9.17) is 16.6 Å². The molecule has 2 aromatic rings. The highest BCUT2D eigenvalue weighted by molar-refractivity contribution is 6.31. The van der Waals surface area contributed by atoms with Crippen LogP contribution in [0.4, 0.5) is 10.5 Å². The first-order chi connectivity index (χ1) is 16.3. The van der Waals surface area contributed by atoms with Gasteiger partial charge in [0.05, 0.1) is 13.1 Å². The van der Waals surface area contributed by atoms with Crippen LogP contribution in [0.2, 0.25) is 5.02 Å². The summed E-state index contributed by atoms with van der Waals surface area (Å²) in [4.78, 5) is 36.7. The van der Waals surface area contributed by atoms with E-state index in [-0.39, 0.29) is 11.9 Å². The number of benzene rings is 2. The number of rotatable bonds is 5. The molecule has 0 saturated carbocycles. The number of carbonyl (C=O) groups excluding carboxylic acids is 2. The number of nitrogens with zero attached hydrogens (tertiary/aromatic N) is 5. The lowest BCUT2D eigenvalue weighted by atomic mass is 10.0. The van der Waals surface area contributed by atoms with Crippen LogP contribution in [0.25, 0.3) is 0 Å². The summed E-state index contributed by atoms with van der Waals surface area (Å²) in [6, 6.07) is 15.0. The molecule has 5 rings (SSSR count). The summed E-state index contributed by atoms with van der Waals surface area (Å²) >= 11 is 6.32. The molecule has 3 aliphatic rings. The summed E-state index contributed by atoms with van der Waals surface area (Å²) in [7, 11) is 1.71.